The van der Waals surface area contributed by atoms with Gasteiger partial charge in [-0.05, 0) is 70.1 Å². The number of nitrogens with zero attached hydrogens (tertiary/aromatic N) is 3. The molecular formula is C30H33N3O4. The van der Waals surface area contributed by atoms with Crippen LogP contribution >= 0.6 is 0 Å². The zero-order chi connectivity index (χ0) is 26.5. The third-order valence-corrected chi connectivity index (χ3v) is 7.64. The normalized spacial score (nSPS) is 23.6. The maximum Gasteiger partial charge on any atom is 0.220 e. The van der Waals surface area contributed by atoms with E-state index in [-0.39, 0.29) is 29.7 Å². The van der Waals surface area contributed by atoms with E-state index in [1.807, 2.05) is 51.1 Å². The van der Waals surface area contributed by atoms with E-state index < -0.39 is 5.60 Å². The molecular weight excluding hydrogens is 466 g/mol. The Morgan fingerprint density at radius 2 is 2.03 bits per heavy atom. The Balaban J connectivity index is 1.75. The van der Waals surface area contributed by atoms with Crippen molar-refractivity contribution in [3.8, 4) is 5.75 Å². The van der Waals surface area contributed by atoms with Crippen molar-refractivity contribution < 1.29 is 19.5 Å². The van der Waals surface area contributed by atoms with Crippen LogP contribution in [0.15, 0.2) is 52.2 Å². The fourth-order valence-corrected chi connectivity index (χ4v) is 5.89. The van der Waals surface area contributed by atoms with Gasteiger partial charge in [-0.25, -0.2) is 4.98 Å². The van der Waals surface area contributed by atoms with Crippen LogP contribution in [0.5, 0.6) is 5.75 Å². The van der Waals surface area contributed by atoms with Gasteiger partial charge in [0.2, 0.25) is 5.60 Å². The number of carbonyl (C=O) groups excluding carboxylic acids is 2. The summed E-state index contributed by atoms with van der Waals surface area (Å²) < 4.78 is 0. The molecule has 0 aliphatic heterocycles. The number of benzene rings is 1. The summed E-state index contributed by atoms with van der Waals surface area (Å²) in [7, 11) is 3.93. The van der Waals surface area contributed by atoms with E-state index in [4.69, 9.17) is 9.82 Å². The van der Waals surface area contributed by atoms with Gasteiger partial charge in [0.1, 0.15) is 5.75 Å². The van der Waals surface area contributed by atoms with E-state index in [0.717, 1.165) is 38.9 Å². The largest absolute Gasteiger partial charge is 0.508 e. The Bertz CT molecular complexity index is 1450. The number of oxime groups is 1. The molecule has 0 spiro atoms. The second kappa shape index (κ2) is 9.38. The summed E-state index contributed by atoms with van der Waals surface area (Å²) in [5.41, 5.74) is 5.29. The Labute approximate surface area is 217 Å². The number of rotatable bonds is 5. The molecule has 0 saturated heterocycles. The SMILES string of the molecule is CC=NOC1(CC)C(=O)C(C)CC2=C1C=C1C=C(CC2=O)Cc2cc3c(CN(C)C)c(O)ccc3nc21. The number of aromatic hydroxyl groups is 1. The number of Topliss-reactive ketones (excluding diaryl/α,β-unsaturated/α-hetero) is 2. The molecule has 1 N–H and O–H groups in total. The standard InChI is InChI=1S/C30H33N3O4/c1-6-30(37-31-7-2)24-15-20-12-18(13-27(35)22(24)10-17(3)29(30)36)11-19-14-21-23(16-33(4)5)26(34)9-8-25(21)32-28(19)20/h7-9,12,14-15,17,34H,6,10-11,13,16H2,1-5H3. The average Bonchev–Trinajstić information content (AvgIpc) is 2.86. The molecule has 2 aromatic rings. The highest BCUT2D eigenvalue weighted by atomic mass is 16.7. The number of carbonyl (C=O) groups is 2. The molecule has 0 amide bonds. The maximum absolute atomic E-state index is 13.6. The van der Waals surface area contributed by atoms with Crippen molar-refractivity contribution in [1.29, 1.82) is 0 Å². The van der Waals surface area contributed by atoms with Gasteiger partial charge in [-0.3, -0.25) is 9.59 Å². The van der Waals surface area contributed by atoms with Crippen LogP contribution in [-0.4, -0.2) is 52.5 Å². The van der Waals surface area contributed by atoms with Gasteiger partial charge < -0.3 is 14.8 Å². The van der Waals surface area contributed by atoms with Crippen molar-refractivity contribution in [1.82, 2.24) is 9.88 Å². The van der Waals surface area contributed by atoms with Gasteiger partial charge >= 0.3 is 0 Å². The molecule has 0 fully saturated rings. The molecule has 0 saturated carbocycles. The van der Waals surface area contributed by atoms with E-state index >= 15 is 0 Å². The molecule has 1 heterocycles. The number of hydrogen-bond donors (Lipinski definition) is 1. The van der Waals surface area contributed by atoms with E-state index in [1.165, 1.54) is 6.21 Å². The van der Waals surface area contributed by atoms with Crippen LogP contribution in [0.2, 0.25) is 0 Å². The Kier molecular flexibility index (Phi) is 6.36. The first-order valence-corrected chi connectivity index (χ1v) is 12.9. The number of phenolic OH excluding ortho intramolecular Hbond substituents is 1. The van der Waals surface area contributed by atoms with Gasteiger partial charge in [0.25, 0.3) is 0 Å². The Hall–Kier alpha value is -3.58. The van der Waals surface area contributed by atoms with E-state index in [1.54, 1.807) is 13.0 Å². The lowest BCUT2D eigenvalue weighted by Crippen LogP contribution is -2.49. The second-order valence-corrected chi connectivity index (χ2v) is 10.5. The monoisotopic (exact) mass is 499 g/mol. The van der Waals surface area contributed by atoms with Crippen LogP contribution in [0.1, 0.15) is 56.9 Å². The van der Waals surface area contributed by atoms with E-state index in [2.05, 4.69) is 11.2 Å². The van der Waals surface area contributed by atoms with Crippen molar-refractivity contribution in [3.63, 3.8) is 0 Å². The average molecular weight is 500 g/mol. The highest BCUT2D eigenvalue weighted by Crippen LogP contribution is 2.45. The Morgan fingerprint density at radius 1 is 1.24 bits per heavy atom. The first-order chi connectivity index (χ1) is 17.7. The topological polar surface area (TPSA) is 92.1 Å². The fraction of sp³-hybridized carbons (Fsp3) is 0.400. The summed E-state index contributed by atoms with van der Waals surface area (Å²) in [6, 6.07) is 5.62. The Morgan fingerprint density at radius 3 is 2.73 bits per heavy atom. The van der Waals surface area contributed by atoms with Crippen molar-refractivity contribution in [2.24, 2.45) is 11.1 Å². The summed E-state index contributed by atoms with van der Waals surface area (Å²) in [5.74, 6) is -0.118. The predicted octanol–water partition coefficient (Wildman–Crippen LogP) is 4.92. The molecule has 1 aromatic carbocycles. The predicted molar refractivity (Wildman–Crippen MR) is 144 cm³/mol. The third-order valence-electron chi connectivity index (χ3n) is 7.64. The molecule has 2 unspecified atom stereocenters. The quantitative estimate of drug-likeness (QED) is 0.464. The van der Waals surface area contributed by atoms with Crippen LogP contribution in [0.25, 0.3) is 16.5 Å². The maximum atomic E-state index is 13.6. The molecule has 192 valence electrons. The minimum absolute atomic E-state index is 0.0287. The molecule has 3 aliphatic rings. The molecule has 3 aliphatic carbocycles. The minimum Gasteiger partial charge on any atom is -0.508 e. The highest BCUT2D eigenvalue weighted by molar-refractivity contribution is 6.07. The number of pyridine rings is 1. The molecule has 5 rings (SSSR count). The number of phenols is 1. The number of aromatic nitrogens is 1. The van der Waals surface area contributed by atoms with E-state index in [9.17, 15) is 14.7 Å². The molecule has 7 nitrogen and oxygen atoms in total. The molecule has 2 bridgehead atoms. The molecule has 7 heteroatoms. The second-order valence-electron chi connectivity index (χ2n) is 10.5. The summed E-state index contributed by atoms with van der Waals surface area (Å²) in [6.45, 7) is 6.08. The van der Waals surface area contributed by atoms with Gasteiger partial charge in [-0.15, -0.1) is 0 Å². The van der Waals surface area contributed by atoms with Crippen molar-refractivity contribution in [3.05, 3.63) is 63.9 Å². The van der Waals surface area contributed by atoms with Gasteiger partial charge in [-0.2, -0.15) is 0 Å². The van der Waals surface area contributed by atoms with Gasteiger partial charge in [-0.1, -0.05) is 30.7 Å². The molecule has 1 aromatic heterocycles. The molecule has 2 atom stereocenters. The van der Waals surface area contributed by atoms with Crippen LogP contribution in [0.4, 0.5) is 0 Å². The first kappa shape index (κ1) is 25.1. The summed E-state index contributed by atoms with van der Waals surface area (Å²) in [5, 5.41) is 15.5. The zero-order valence-electron chi connectivity index (χ0n) is 22.1. The van der Waals surface area contributed by atoms with E-state index in [0.29, 0.717) is 37.0 Å². The van der Waals surface area contributed by atoms with Crippen LogP contribution in [0, 0.1) is 5.92 Å². The van der Waals surface area contributed by atoms with Crippen molar-refractivity contribution >= 4 is 34.3 Å². The highest BCUT2D eigenvalue weighted by Gasteiger charge is 2.51. The van der Waals surface area contributed by atoms with Crippen LogP contribution in [-0.2, 0) is 27.4 Å². The zero-order valence-corrected chi connectivity index (χ0v) is 22.1. The van der Waals surface area contributed by atoms with Gasteiger partial charge in [0.05, 0.1) is 11.2 Å². The first-order valence-electron chi connectivity index (χ1n) is 12.9. The fourth-order valence-electron chi connectivity index (χ4n) is 5.89. The number of allylic oxidation sites excluding steroid dienone is 4. The van der Waals surface area contributed by atoms with Gasteiger partial charge in [0.15, 0.2) is 11.6 Å². The van der Waals surface area contributed by atoms with Crippen molar-refractivity contribution in [2.75, 3.05) is 14.1 Å². The molecule has 37 heavy (non-hydrogen) atoms. The number of fused-ring (bicyclic) bond motifs is 4. The number of hydrogen-bond acceptors (Lipinski definition) is 7. The minimum atomic E-state index is -1.31. The summed E-state index contributed by atoms with van der Waals surface area (Å²) in [6.07, 6.45) is 7.16. The van der Waals surface area contributed by atoms with Gasteiger partial charge in [0, 0.05) is 52.8 Å². The summed E-state index contributed by atoms with van der Waals surface area (Å²) in [4.78, 5) is 40.1. The lowest BCUT2D eigenvalue weighted by Gasteiger charge is -2.39. The number of ketones is 2. The van der Waals surface area contributed by atoms with Crippen LogP contribution < -0.4 is 0 Å². The van der Waals surface area contributed by atoms with Crippen LogP contribution in [0.3, 0.4) is 0 Å². The third kappa shape index (κ3) is 4.11. The van der Waals surface area contributed by atoms with Crippen molar-refractivity contribution in [2.45, 2.75) is 58.6 Å². The lowest BCUT2D eigenvalue weighted by atomic mass is 9.68. The molecule has 0 radical (unpaired) electrons. The summed E-state index contributed by atoms with van der Waals surface area (Å²) >= 11 is 0. The smallest absolute Gasteiger partial charge is 0.220 e. The lowest BCUT2D eigenvalue weighted by molar-refractivity contribution is -0.145.